The zero-order valence-electron chi connectivity index (χ0n) is 11.0. The minimum absolute atomic E-state index is 0.0265. The van der Waals surface area contributed by atoms with Crippen LogP contribution in [0.1, 0.15) is 11.1 Å². The van der Waals surface area contributed by atoms with Crippen molar-refractivity contribution in [1.82, 2.24) is 0 Å². The number of amidine groups is 1. The lowest BCUT2D eigenvalue weighted by Gasteiger charge is -2.09. The lowest BCUT2D eigenvalue weighted by Crippen LogP contribution is -2.11. The molecule has 4 nitrogen and oxygen atoms in total. The molecule has 2 rings (SSSR count). The predicted octanol–water partition coefficient (Wildman–Crippen LogP) is 3.32. The van der Waals surface area contributed by atoms with Gasteiger partial charge >= 0.3 is 0 Å². The van der Waals surface area contributed by atoms with Gasteiger partial charge in [0, 0.05) is 10.0 Å². The number of nitrogens with one attached hydrogen (secondary N) is 1. The van der Waals surface area contributed by atoms with Crippen LogP contribution in [0.4, 0.5) is 0 Å². The van der Waals surface area contributed by atoms with Crippen LogP contribution in [0, 0.1) is 5.41 Å². The van der Waals surface area contributed by atoms with Crippen molar-refractivity contribution in [3.8, 4) is 11.5 Å². The Balaban J connectivity index is 2.03. The van der Waals surface area contributed by atoms with Crippen LogP contribution in [0.5, 0.6) is 11.5 Å². The molecule has 104 valence electrons. The van der Waals surface area contributed by atoms with E-state index in [9.17, 15) is 0 Å². The molecule has 0 spiro atoms. The van der Waals surface area contributed by atoms with Gasteiger partial charge in [-0.1, -0.05) is 12.1 Å². The van der Waals surface area contributed by atoms with Gasteiger partial charge in [0.2, 0.25) is 0 Å². The van der Waals surface area contributed by atoms with E-state index in [-0.39, 0.29) is 5.84 Å². The van der Waals surface area contributed by atoms with Crippen molar-refractivity contribution in [2.75, 3.05) is 7.11 Å². The molecule has 2 aromatic carbocycles. The third-order valence-electron chi connectivity index (χ3n) is 2.80. The first-order chi connectivity index (χ1) is 9.60. The fourth-order valence-corrected chi connectivity index (χ4v) is 2.26. The summed E-state index contributed by atoms with van der Waals surface area (Å²) in [7, 11) is 1.64. The minimum Gasteiger partial charge on any atom is -0.497 e. The Kier molecular flexibility index (Phi) is 4.63. The molecule has 2 aromatic rings. The van der Waals surface area contributed by atoms with Crippen molar-refractivity contribution < 1.29 is 9.47 Å². The van der Waals surface area contributed by atoms with Crippen LogP contribution in [0.25, 0.3) is 0 Å². The highest BCUT2D eigenvalue weighted by molar-refractivity contribution is 9.10. The number of hydrogen-bond acceptors (Lipinski definition) is 3. The molecule has 0 aliphatic heterocycles. The molecular formula is C15H15BrN2O2. The lowest BCUT2D eigenvalue weighted by atomic mass is 10.2. The smallest absolute Gasteiger partial charge is 0.123 e. The largest absolute Gasteiger partial charge is 0.497 e. The van der Waals surface area contributed by atoms with Crippen molar-refractivity contribution in [1.29, 1.82) is 5.41 Å². The summed E-state index contributed by atoms with van der Waals surface area (Å²) >= 11 is 3.38. The van der Waals surface area contributed by atoms with E-state index in [0.29, 0.717) is 12.2 Å². The van der Waals surface area contributed by atoms with Gasteiger partial charge in [0.05, 0.1) is 7.11 Å². The van der Waals surface area contributed by atoms with Crippen molar-refractivity contribution in [3.05, 3.63) is 58.1 Å². The van der Waals surface area contributed by atoms with Crippen molar-refractivity contribution >= 4 is 21.8 Å². The van der Waals surface area contributed by atoms with Gasteiger partial charge in [-0.3, -0.25) is 5.41 Å². The molecule has 0 fully saturated rings. The third-order valence-corrected chi connectivity index (χ3v) is 3.45. The van der Waals surface area contributed by atoms with Gasteiger partial charge in [-0.2, -0.15) is 0 Å². The second-order valence-electron chi connectivity index (χ2n) is 4.19. The number of methoxy groups -OCH3 is 1. The highest BCUT2D eigenvalue weighted by Crippen LogP contribution is 2.23. The zero-order valence-corrected chi connectivity index (χ0v) is 12.6. The topological polar surface area (TPSA) is 68.3 Å². The molecular weight excluding hydrogens is 320 g/mol. The summed E-state index contributed by atoms with van der Waals surface area (Å²) in [4.78, 5) is 0. The molecule has 0 heterocycles. The fraction of sp³-hybridized carbons (Fsp3) is 0.133. The monoisotopic (exact) mass is 334 g/mol. The quantitative estimate of drug-likeness (QED) is 0.651. The van der Waals surface area contributed by atoms with Gasteiger partial charge in [-0.25, -0.2) is 0 Å². The maximum Gasteiger partial charge on any atom is 0.123 e. The molecule has 0 unspecified atom stereocenters. The molecule has 0 aromatic heterocycles. The highest BCUT2D eigenvalue weighted by atomic mass is 79.9. The maximum atomic E-state index is 7.42. The molecule has 0 bridgehead atoms. The highest BCUT2D eigenvalue weighted by Gasteiger charge is 2.05. The summed E-state index contributed by atoms with van der Waals surface area (Å²) in [6.07, 6.45) is 0. The molecule has 3 N–H and O–H groups in total. The number of halogens is 1. The van der Waals surface area contributed by atoms with Crippen LogP contribution in [0.3, 0.4) is 0 Å². The standard InChI is InChI=1S/C15H15BrN2O2/c1-19-11-4-2-10(3-5-11)9-20-12-6-7-13(15(17)18)14(16)8-12/h2-8H,9H2,1H3,(H3,17,18). The van der Waals surface area contributed by atoms with Gasteiger partial charge in [-0.15, -0.1) is 0 Å². The number of benzene rings is 2. The van der Waals surface area contributed by atoms with Crippen LogP contribution in [0.15, 0.2) is 46.9 Å². The van der Waals surface area contributed by atoms with Crippen LogP contribution in [-0.4, -0.2) is 12.9 Å². The predicted molar refractivity (Wildman–Crippen MR) is 82.5 cm³/mol. The summed E-state index contributed by atoms with van der Waals surface area (Å²) in [6.45, 7) is 0.468. The number of nitrogen functional groups attached to an aromatic ring is 1. The Morgan fingerprint density at radius 1 is 1.15 bits per heavy atom. The van der Waals surface area contributed by atoms with Crippen LogP contribution in [0.2, 0.25) is 0 Å². The van der Waals surface area contributed by atoms with E-state index in [0.717, 1.165) is 21.5 Å². The van der Waals surface area contributed by atoms with Gasteiger partial charge in [0.25, 0.3) is 0 Å². The number of ether oxygens (including phenoxy) is 2. The van der Waals surface area contributed by atoms with Crippen molar-refractivity contribution in [2.45, 2.75) is 6.61 Å². The maximum absolute atomic E-state index is 7.42. The van der Waals surface area contributed by atoms with E-state index in [2.05, 4.69) is 15.9 Å². The summed E-state index contributed by atoms with van der Waals surface area (Å²) in [5, 5.41) is 7.42. The van der Waals surface area contributed by atoms with E-state index in [1.807, 2.05) is 24.3 Å². The first kappa shape index (κ1) is 14.4. The summed E-state index contributed by atoms with van der Waals surface area (Å²) in [6, 6.07) is 13.1. The Bertz CT molecular complexity index is 612. The van der Waals surface area contributed by atoms with Gasteiger partial charge < -0.3 is 15.2 Å². The molecule has 0 saturated heterocycles. The van der Waals surface area contributed by atoms with Crippen LogP contribution in [-0.2, 0) is 6.61 Å². The SMILES string of the molecule is COc1ccc(COc2ccc(C(=N)N)c(Br)c2)cc1. The second kappa shape index (κ2) is 6.43. The first-order valence-corrected chi connectivity index (χ1v) is 6.79. The second-order valence-corrected chi connectivity index (χ2v) is 5.05. The fourth-order valence-electron chi connectivity index (χ4n) is 1.69. The molecule has 0 aliphatic rings. The Morgan fingerprint density at radius 3 is 2.35 bits per heavy atom. The first-order valence-electron chi connectivity index (χ1n) is 6.00. The number of hydrogen-bond donors (Lipinski definition) is 2. The van der Waals surface area contributed by atoms with E-state index >= 15 is 0 Å². The lowest BCUT2D eigenvalue weighted by molar-refractivity contribution is 0.306. The average Bonchev–Trinajstić information content (AvgIpc) is 2.45. The van der Waals surface area contributed by atoms with Gasteiger partial charge in [0.1, 0.15) is 23.9 Å². The van der Waals surface area contributed by atoms with Crippen LogP contribution < -0.4 is 15.2 Å². The zero-order chi connectivity index (χ0) is 14.5. The molecule has 0 aliphatic carbocycles. The van der Waals surface area contributed by atoms with E-state index in [1.165, 1.54) is 0 Å². The summed E-state index contributed by atoms with van der Waals surface area (Å²) < 4.78 is 11.6. The van der Waals surface area contributed by atoms with Gasteiger partial charge in [0.15, 0.2) is 0 Å². The minimum atomic E-state index is 0.0265. The normalized spacial score (nSPS) is 10.1. The van der Waals surface area contributed by atoms with Crippen molar-refractivity contribution in [3.63, 3.8) is 0 Å². The third kappa shape index (κ3) is 3.51. The number of rotatable bonds is 5. The van der Waals surface area contributed by atoms with E-state index in [1.54, 1.807) is 25.3 Å². The molecule has 5 heteroatoms. The Labute approximate surface area is 126 Å². The van der Waals surface area contributed by atoms with E-state index in [4.69, 9.17) is 20.6 Å². The summed E-state index contributed by atoms with van der Waals surface area (Å²) in [5.74, 6) is 1.57. The van der Waals surface area contributed by atoms with Crippen LogP contribution >= 0.6 is 15.9 Å². The number of nitrogens with two attached hydrogens (primary N) is 1. The Hall–Kier alpha value is -2.01. The summed E-state index contributed by atoms with van der Waals surface area (Å²) in [5.41, 5.74) is 7.17. The molecule has 0 atom stereocenters. The molecule has 0 saturated carbocycles. The average molecular weight is 335 g/mol. The molecule has 20 heavy (non-hydrogen) atoms. The Morgan fingerprint density at radius 2 is 1.80 bits per heavy atom. The van der Waals surface area contributed by atoms with Crippen molar-refractivity contribution in [2.24, 2.45) is 5.73 Å². The van der Waals surface area contributed by atoms with E-state index < -0.39 is 0 Å². The van der Waals surface area contributed by atoms with Gasteiger partial charge in [-0.05, 0) is 51.8 Å². The molecule has 0 radical (unpaired) electrons. The molecule has 0 amide bonds.